The van der Waals surface area contributed by atoms with Crippen molar-refractivity contribution in [3.63, 3.8) is 0 Å². The molecule has 0 atom stereocenters. The molecule has 0 unspecified atom stereocenters. The number of hydrogen-bond donors (Lipinski definition) is 2. The molecule has 0 saturated heterocycles. The van der Waals surface area contributed by atoms with E-state index >= 15 is 0 Å². The number of nitrogens with one attached hydrogen (secondary N) is 1. The lowest BCUT2D eigenvalue weighted by atomic mass is 10.2. The van der Waals surface area contributed by atoms with Crippen LogP contribution in [0.15, 0.2) is 41.3 Å². The van der Waals surface area contributed by atoms with Crippen molar-refractivity contribution in [3.8, 4) is 5.75 Å². The standard InChI is InChI=1S/C16H11F4N3O3.CH4/c17-10-4-3-8(6-11(10)18)21-13-9(7-24)15(25)23-5-1-2-12(14(23)22-13)26-16(19)20;/h1-6,16,21,24H,7H2;1H4. The first kappa shape index (κ1) is 20.2. The van der Waals surface area contributed by atoms with Gasteiger partial charge in [-0.1, -0.05) is 7.43 Å². The summed E-state index contributed by atoms with van der Waals surface area (Å²) < 4.78 is 56.8. The first-order valence-corrected chi connectivity index (χ1v) is 7.22. The van der Waals surface area contributed by atoms with E-state index in [4.69, 9.17) is 0 Å². The molecule has 144 valence electrons. The molecular weight excluding hydrogens is 370 g/mol. The van der Waals surface area contributed by atoms with Crippen molar-refractivity contribution in [2.45, 2.75) is 20.6 Å². The average Bonchev–Trinajstić information content (AvgIpc) is 2.59. The van der Waals surface area contributed by atoms with Gasteiger partial charge in [-0.15, -0.1) is 0 Å². The third kappa shape index (κ3) is 4.00. The second-order valence-corrected chi connectivity index (χ2v) is 5.10. The fourth-order valence-electron chi connectivity index (χ4n) is 2.32. The number of halogens is 4. The molecule has 0 aliphatic carbocycles. The van der Waals surface area contributed by atoms with Gasteiger partial charge in [-0.05, 0) is 24.3 Å². The Morgan fingerprint density at radius 3 is 2.59 bits per heavy atom. The van der Waals surface area contributed by atoms with E-state index < -0.39 is 30.4 Å². The third-order valence-corrected chi connectivity index (χ3v) is 3.47. The van der Waals surface area contributed by atoms with Crippen LogP contribution in [0.1, 0.15) is 13.0 Å². The number of fused-ring (bicyclic) bond motifs is 1. The van der Waals surface area contributed by atoms with E-state index in [2.05, 4.69) is 15.0 Å². The van der Waals surface area contributed by atoms with Crippen LogP contribution in [0.3, 0.4) is 0 Å². The summed E-state index contributed by atoms with van der Waals surface area (Å²) in [4.78, 5) is 16.5. The molecule has 10 heteroatoms. The molecule has 2 aromatic heterocycles. The number of nitrogens with zero attached hydrogens (tertiary/aromatic N) is 2. The highest BCUT2D eigenvalue weighted by atomic mass is 19.3. The molecule has 3 rings (SSSR count). The van der Waals surface area contributed by atoms with E-state index in [1.165, 1.54) is 24.4 Å². The third-order valence-electron chi connectivity index (χ3n) is 3.47. The second-order valence-electron chi connectivity index (χ2n) is 5.10. The van der Waals surface area contributed by atoms with Gasteiger partial charge in [0.15, 0.2) is 23.0 Å². The summed E-state index contributed by atoms with van der Waals surface area (Å²) >= 11 is 0. The van der Waals surface area contributed by atoms with Crippen LogP contribution in [0.25, 0.3) is 5.65 Å². The van der Waals surface area contributed by atoms with Gasteiger partial charge in [-0.2, -0.15) is 8.78 Å². The van der Waals surface area contributed by atoms with Gasteiger partial charge >= 0.3 is 6.61 Å². The molecule has 0 radical (unpaired) electrons. The van der Waals surface area contributed by atoms with Crippen molar-refractivity contribution in [2.24, 2.45) is 0 Å². The molecule has 2 N–H and O–H groups in total. The quantitative estimate of drug-likeness (QED) is 0.658. The first-order valence-electron chi connectivity index (χ1n) is 7.22. The number of rotatable bonds is 5. The van der Waals surface area contributed by atoms with Crippen LogP contribution in [0.2, 0.25) is 0 Å². The van der Waals surface area contributed by atoms with E-state index in [-0.39, 0.29) is 35.9 Å². The van der Waals surface area contributed by atoms with Gasteiger partial charge in [0.05, 0.1) is 12.2 Å². The maximum Gasteiger partial charge on any atom is 0.387 e. The molecule has 1 aromatic carbocycles. The Balaban J connectivity index is 0.00000261. The average molecular weight is 385 g/mol. The van der Waals surface area contributed by atoms with Gasteiger partial charge in [0.1, 0.15) is 5.82 Å². The van der Waals surface area contributed by atoms with Gasteiger partial charge in [0, 0.05) is 18.0 Å². The molecule has 0 aliphatic rings. The van der Waals surface area contributed by atoms with Crippen LogP contribution in [0.5, 0.6) is 5.75 Å². The van der Waals surface area contributed by atoms with E-state index in [1.807, 2.05) is 0 Å². The smallest absolute Gasteiger partial charge is 0.387 e. The van der Waals surface area contributed by atoms with Gasteiger partial charge < -0.3 is 15.2 Å². The maximum absolute atomic E-state index is 13.4. The van der Waals surface area contributed by atoms with E-state index in [0.29, 0.717) is 0 Å². The Morgan fingerprint density at radius 1 is 1.22 bits per heavy atom. The van der Waals surface area contributed by atoms with Gasteiger partial charge in [0.2, 0.25) is 0 Å². The number of anilines is 2. The number of aliphatic hydroxyl groups is 1. The molecule has 2 heterocycles. The fraction of sp³-hybridized carbons (Fsp3) is 0.176. The summed E-state index contributed by atoms with van der Waals surface area (Å²) in [6.45, 7) is -3.86. The monoisotopic (exact) mass is 385 g/mol. The largest absolute Gasteiger partial charge is 0.431 e. The van der Waals surface area contributed by atoms with E-state index in [0.717, 1.165) is 16.5 Å². The number of ether oxygens (including phenoxy) is 1. The van der Waals surface area contributed by atoms with Gasteiger partial charge in [-0.3, -0.25) is 9.20 Å². The lowest BCUT2D eigenvalue weighted by Crippen LogP contribution is -2.22. The number of aromatic nitrogens is 2. The van der Waals surface area contributed by atoms with Gasteiger partial charge in [-0.25, -0.2) is 13.8 Å². The number of pyridine rings is 1. The molecule has 27 heavy (non-hydrogen) atoms. The Morgan fingerprint density at radius 2 is 1.96 bits per heavy atom. The minimum Gasteiger partial charge on any atom is -0.431 e. The lowest BCUT2D eigenvalue weighted by Gasteiger charge is -2.13. The van der Waals surface area contributed by atoms with Crippen molar-refractivity contribution in [3.05, 3.63) is 64.1 Å². The maximum atomic E-state index is 13.4. The summed E-state index contributed by atoms with van der Waals surface area (Å²) in [6, 6.07) is 5.35. The topological polar surface area (TPSA) is 75.9 Å². The highest BCUT2D eigenvalue weighted by Crippen LogP contribution is 2.24. The van der Waals surface area contributed by atoms with Crippen LogP contribution in [-0.2, 0) is 6.61 Å². The molecule has 0 bridgehead atoms. The molecule has 3 aromatic rings. The molecule has 0 fully saturated rings. The molecule has 6 nitrogen and oxygen atoms in total. The Kier molecular flexibility index (Phi) is 6.01. The zero-order valence-corrected chi connectivity index (χ0v) is 12.9. The van der Waals surface area contributed by atoms with Gasteiger partial charge in [0.25, 0.3) is 5.56 Å². The lowest BCUT2D eigenvalue weighted by molar-refractivity contribution is -0.0491. The molecule has 0 aliphatic heterocycles. The number of hydrogen-bond acceptors (Lipinski definition) is 5. The van der Waals surface area contributed by atoms with Crippen molar-refractivity contribution < 1.29 is 27.4 Å². The van der Waals surface area contributed by atoms with Crippen molar-refractivity contribution in [1.29, 1.82) is 0 Å². The zero-order valence-electron chi connectivity index (χ0n) is 12.9. The molecule has 0 saturated carbocycles. The second kappa shape index (κ2) is 8.04. The summed E-state index contributed by atoms with van der Waals surface area (Å²) in [7, 11) is 0. The number of alkyl halides is 2. The predicted molar refractivity (Wildman–Crippen MR) is 90.4 cm³/mol. The van der Waals surface area contributed by atoms with E-state index in [1.54, 1.807) is 0 Å². The minimum absolute atomic E-state index is 0. The van der Waals surface area contributed by atoms with Crippen LogP contribution < -0.4 is 15.6 Å². The number of benzene rings is 1. The van der Waals surface area contributed by atoms with Crippen LogP contribution in [0, 0.1) is 11.6 Å². The van der Waals surface area contributed by atoms with E-state index in [9.17, 15) is 27.5 Å². The first-order chi connectivity index (χ1) is 12.4. The highest BCUT2D eigenvalue weighted by Gasteiger charge is 2.17. The Labute approximate surface area is 150 Å². The summed E-state index contributed by atoms with van der Waals surface area (Å²) in [5.41, 5.74) is -1.12. The SMILES string of the molecule is C.O=c1c(CO)c(Nc2ccc(F)c(F)c2)nc2c(OC(F)F)cccn12. The normalized spacial score (nSPS) is 10.7. The zero-order chi connectivity index (χ0) is 18.8. The summed E-state index contributed by atoms with van der Waals surface area (Å²) in [5, 5.41) is 12.0. The van der Waals surface area contributed by atoms with Crippen molar-refractivity contribution in [1.82, 2.24) is 9.38 Å². The molecular formula is C17H15F4N3O3. The minimum atomic E-state index is -3.14. The Bertz CT molecular complexity index is 1020. The predicted octanol–water partition coefficient (Wildman–Crippen LogP) is 3.45. The van der Waals surface area contributed by atoms with Crippen molar-refractivity contribution >= 4 is 17.2 Å². The summed E-state index contributed by atoms with van der Waals surface area (Å²) in [6.07, 6.45) is 1.27. The fourth-order valence-corrected chi connectivity index (χ4v) is 2.32. The van der Waals surface area contributed by atoms with Crippen LogP contribution in [-0.4, -0.2) is 21.1 Å². The Hall–Kier alpha value is -3.14. The molecule has 0 spiro atoms. The molecule has 0 amide bonds. The van der Waals surface area contributed by atoms with Crippen LogP contribution >= 0.6 is 0 Å². The summed E-state index contributed by atoms with van der Waals surface area (Å²) in [5.74, 6) is -2.77. The highest BCUT2D eigenvalue weighted by molar-refractivity contribution is 5.64. The van der Waals surface area contributed by atoms with Crippen LogP contribution in [0.4, 0.5) is 29.1 Å². The number of aliphatic hydroxyl groups excluding tert-OH is 1. The van der Waals surface area contributed by atoms with Crippen molar-refractivity contribution in [2.75, 3.05) is 5.32 Å².